The molecule has 0 fully saturated rings. The van der Waals surface area contributed by atoms with Crippen molar-refractivity contribution in [3.05, 3.63) is 59.2 Å². The number of phenols is 1. The maximum atomic E-state index is 12.5. The third kappa shape index (κ3) is 4.93. The van der Waals surface area contributed by atoms with E-state index < -0.39 is 0 Å². The normalized spacial score (nSPS) is 15.3. The first-order valence-electron chi connectivity index (χ1n) is 9.89. The van der Waals surface area contributed by atoms with Crippen molar-refractivity contribution in [1.82, 2.24) is 5.01 Å². The first-order chi connectivity index (χ1) is 14.5. The molecule has 0 radical (unpaired) electrons. The second-order valence-electron chi connectivity index (χ2n) is 7.05. The molecular formula is C23H26N4O3. The van der Waals surface area contributed by atoms with E-state index in [2.05, 4.69) is 15.6 Å². The third-order valence-corrected chi connectivity index (χ3v) is 4.81. The molecular weight excluding hydrogens is 380 g/mol. The van der Waals surface area contributed by atoms with E-state index in [1.54, 1.807) is 25.1 Å². The Kier molecular flexibility index (Phi) is 6.98. The number of hydrogen-bond donors (Lipinski definition) is 3. The average Bonchev–Trinajstić information content (AvgIpc) is 3.00. The van der Waals surface area contributed by atoms with E-state index in [1.165, 1.54) is 5.01 Å². The first-order valence-corrected chi connectivity index (χ1v) is 9.89. The van der Waals surface area contributed by atoms with Crippen LogP contribution in [0.1, 0.15) is 36.5 Å². The molecule has 0 saturated heterocycles. The largest absolute Gasteiger partial charge is 0.505 e. The van der Waals surface area contributed by atoms with E-state index >= 15 is 0 Å². The van der Waals surface area contributed by atoms with Crippen LogP contribution in [0.25, 0.3) is 12.2 Å². The molecule has 0 unspecified atom stereocenters. The summed E-state index contributed by atoms with van der Waals surface area (Å²) < 4.78 is 0. The zero-order chi connectivity index (χ0) is 21.5. The zero-order valence-corrected chi connectivity index (χ0v) is 17.2. The van der Waals surface area contributed by atoms with Crippen LogP contribution in [-0.2, 0) is 4.79 Å². The first kappa shape index (κ1) is 21.3. The Morgan fingerprint density at radius 2 is 1.80 bits per heavy atom. The highest BCUT2D eigenvalue weighted by Crippen LogP contribution is 2.29. The lowest BCUT2D eigenvalue weighted by molar-refractivity contribution is -0.123. The molecule has 1 amide bonds. The Morgan fingerprint density at radius 1 is 1.07 bits per heavy atom. The minimum atomic E-state index is -0.298. The molecule has 1 aliphatic heterocycles. The van der Waals surface area contributed by atoms with Gasteiger partial charge in [0, 0.05) is 18.7 Å². The van der Waals surface area contributed by atoms with Crippen molar-refractivity contribution in [2.24, 2.45) is 10.2 Å². The van der Waals surface area contributed by atoms with E-state index in [4.69, 9.17) is 5.11 Å². The molecule has 0 aromatic heterocycles. The molecule has 0 bridgehead atoms. The fraction of sp³-hybridized carbons (Fsp3) is 0.261. The Hall–Kier alpha value is -3.45. The highest BCUT2D eigenvalue weighted by molar-refractivity contribution is 6.68. The van der Waals surface area contributed by atoms with E-state index in [1.807, 2.05) is 43.3 Å². The third-order valence-electron chi connectivity index (χ3n) is 4.81. The topological polar surface area (TPSA) is 97.5 Å². The van der Waals surface area contributed by atoms with Crippen molar-refractivity contribution < 1.29 is 15.0 Å². The van der Waals surface area contributed by atoms with Crippen LogP contribution in [0.4, 0.5) is 5.69 Å². The van der Waals surface area contributed by atoms with Crippen molar-refractivity contribution in [3.8, 4) is 5.75 Å². The number of rotatable bonds is 8. The van der Waals surface area contributed by atoms with Gasteiger partial charge < -0.3 is 10.2 Å². The SMILES string of the molecule is CC1=NN(CCCCO)C(=O)C1=NNc1cccc(C=Cc2ccccc2C)c1O. The predicted molar refractivity (Wildman–Crippen MR) is 120 cm³/mol. The smallest absolute Gasteiger partial charge is 0.296 e. The Labute approximate surface area is 176 Å². The van der Waals surface area contributed by atoms with Crippen molar-refractivity contribution >= 4 is 35.2 Å². The number of anilines is 1. The average molecular weight is 406 g/mol. The van der Waals surface area contributed by atoms with Gasteiger partial charge in [-0.2, -0.15) is 10.2 Å². The fourth-order valence-electron chi connectivity index (χ4n) is 3.06. The maximum Gasteiger partial charge on any atom is 0.296 e. The number of carbonyl (C=O) groups is 1. The van der Waals surface area contributed by atoms with Crippen LogP contribution < -0.4 is 5.43 Å². The summed E-state index contributed by atoms with van der Waals surface area (Å²) in [6.07, 6.45) is 5.06. The molecule has 1 heterocycles. The summed E-state index contributed by atoms with van der Waals surface area (Å²) in [6.45, 7) is 4.26. The summed E-state index contributed by atoms with van der Waals surface area (Å²) >= 11 is 0. The molecule has 3 rings (SSSR count). The number of unbranched alkanes of at least 4 members (excludes halogenated alkanes) is 1. The predicted octanol–water partition coefficient (Wildman–Crippen LogP) is 3.63. The van der Waals surface area contributed by atoms with Crippen LogP contribution in [0.15, 0.2) is 52.7 Å². The van der Waals surface area contributed by atoms with Gasteiger partial charge in [0.2, 0.25) is 0 Å². The van der Waals surface area contributed by atoms with Gasteiger partial charge in [-0.15, -0.1) is 0 Å². The lowest BCUT2D eigenvalue weighted by Crippen LogP contribution is -2.29. The number of aliphatic hydroxyl groups excluding tert-OH is 1. The lowest BCUT2D eigenvalue weighted by atomic mass is 10.1. The number of amides is 1. The van der Waals surface area contributed by atoms with Crippen LogP contribution in [0, 0.1) is 6.92 Å². The van der Waals surface area contributed by atoms with E-state index in [0.717, 1.165) is 11.1 Å². The highest BCUT2D eigenvalue weighted by atomic mass is 16.3. The number of benzene rings is 2. The number of hydrazone groups is 2. The molecule has 0 aliphatic carbocycles. The molecule has 2 aromatic carbocycles. The van der Waals surface area contributed by atoms with Gasteiger partial charge in [-0.3, -0.25) is 10.2 Å². The van der Waals surface area contributed by atoms with Gasteiger partial charge in [-0.25, -0.2) is 5.01 Å². The van der Waals surface area contributed by atoms with E-state index in [-0.39, 0.29) is 24.0 Å². The van der Waals surface area contributed by atoms with Crippen LogP contribution >= 0.6 is 0 Å². The van der Waals surface area contributed by atoms with Crippen molar-refractivity contribution in [2.75, 3.05) is 18.6 Å². The van der Waals surface area contributed by atoms with Gasteiger partial charge in [-0.1, -0.05) is 48.6 Å². The molecule has 3 N–H and O–H groups in total. The number of hydrogen-bond acceptors (Lipinski definition) is 6. The summed E-state index contributed by atoms with van der Waals surface area (Å²) in [7, 11) is 0. The van der Waals surface area contributed by atoms with Crippen LogP contribution in [-0.4, -0.2) is 45.7 Å². The van der Waals surface area contributed by atoms with Crippen LogP contribution in [0.2, 0.25) is 0 Å². The number of nitrogens with one attached hydrogen (secondary N) is 1. The van der Waals surface area contributed by atoms with Crippen LogP contribution in [0.5, 0.6) is 5.75 Å². The molecule has 0 spiro atoms. The highest BCUT2D eigenvalue weighted by Gasteiger charge is 2.29. The molecule has 30 heavy (non-hydrogen) atoms. The fourth-order valence-corrected chi connectivity index (χ4v) is 3.06. The molecule has 0 saturated carbocycles. The summed E-state index contributed by atoms with van der Waals surface area (Å²) in [5.74, 6) is -0.250. The van der Waals surface area contributed by atoms with Crippen molar-refractivity contribution in [3.63, 3.8) is 0 Å². The van der Waals surface area contributed by atoms with Gasteiger partial charge in [0.05, 0.1) is 11.4 Å². The molecule has 0 atom stereocenters. The Morgan fingerprint density at radius 3 is 2.57 bits per heavy atom. The molecule has 156 valence electrons. The quantitative estimate of drug-likeness (QED) is 0.270. The van der Waals surface area contributed by atoms with Gasteiger partial charge in [0.25, 0.3) is 5.91 Å². The minimum absolute atomic E-state index is 0.0477. The van der Waals surface area contributed by atoms with Crippen molar-refractivity contribution in [1.29, 1.82) is 0 Å². The number of aliphatic hydroxyl groups is 1. The second kappa shape index (κ2) is 9.84. The number of aromatic hydroxyl groups is 1. The van der Waals surface area contributed by atoms with Crippen LogP contribution in [0.3, 0.4) is 0 Å². The number of carbonyl (C=O) groups excluding carboxylic acids is 1. The van der Waals surface area contributed by atoms with E-state index in [0.29, 0.717) is 36.3 Å². The maximum absolute atomic E-state index is 12.5. The summed E-state index contributed by atoms with van der Waals surface area (Å²) in [6, 6.07) is 13.3. The number of phenolic OH excluding ortho intramolecular Hbond substituents is 1. The van der Waals surface area contributed by atoms with Gasteiger partial charge in [0.1, 0.15) is 5.75 Å². The number of nitrogens with zero attached hydrogens (tertiary/aromatic N) is 3. The monoisotopic (exact) mass is 406 g/mol. The second-order valence-corrected chi connectivity index (χ2v) is 7.05. The summed E-state index contributed by atoms with van der Waals surface area (Å²) in [5.41, 5.74) is 6.75. The number of aryl methyl sites for hydroxylation is 1. The molecule has 7 heteroatoms. The Bertz CT molecular complexity index is 1010. The summed E-state index contributed by atoms with van der Waals surface area (Å²) in [5, 5.41) is 29.2. The van der Waals surface area contributed by atoms with Crippen molar-refractivity contribution in [2.45, 2.75) is 26.7 Å². The van der Waals surface area contributed by atoms with Gasteiger partial charge in [-0.05, 0) is 43.9 Å². The lowest BCUT2D eigenvalue weighted by Gasteiger charge is -2.10. The Balaban J connectivity index is 1.73. The molecule has 2 aromatic rings. The zero-order valence-electron chi connectivity index (χ0n) is 17.2. The molecule has 7 nitrogen and oxygen atoms in total. The van der Waals surface area contributed by atoms with Gasteiger partial charge >= 0.3 is 0 Å². The van der Waals surface area contributed by atoms with Gasteiger partial charge in [0.15, 0.2) is 5.71 Å². The van der Waals surface area contributed by atoms with E-state index in [9.17, 15) is 9.90 Å². The minimum Gasteiger partial charge on any atom is -0.505 e. The standard InChI is InChI=1S/C23H26N4O3/c1-16-8-3-4-9-18(16)12-13-19-10-7-11-20(22(19)29)24-25-21-17(2)26-27(23(21)30)14-5-6-15-28/h3-4,7-13,24,28-29H,5-6,14-15H2,1-2H3. The summed E-state index contributed by atoms with van der Waals surface area (Å²) in [4.78, 5) is 12.5. The number of para-hydroxylation sites is 1. The molecule has 1 aliphatic rings.